The molecule has 4 aromatic heterocycles. The zero-order chi connectivity index (χ0) is 58.0. The number of furan rings is 4. The molecule has 74 heavy (non-hydrogen) atoms. The average Bonchev–Trinajstić information content (AvgIpc) is 1.65. The molecule has 0 aliphatic rings. The summed E-state index contributed by atoms with van der Waals surface area (Å²) in [6.07, 6.45) is 0. The van der Waals surface area contributed by atoms with Crippen molar-refractivity contribution in [2.45, 2.75) is 39.5 Å². The molecule has 6 heteroatoms. The Hall–Kier alpha value is -9.26. The maximum absolute atomic E-state index is 9.94. The van der Waals surface area contributed by atoms with Gasteiger partial charge in [-0.25, -0.2) is 0 Å². The van der Waals surface area contributed by atoms with E-state index >= 15 is 0 Å². The number of benzene rings is 11. The Morgan fingerprint density at radius 3 is 1.12 bits per heavy atom. The second kappa shape index (κ2) is 16.1. The van der Waals surface area contributed by atoms with Crippen molar-refractivity contribution in [1.29, 1.82) is 0 Å². The van der Waals surface area contributed by atoms with Crippen molar-refractivity contribution in [3.05, 3.63) is 217 Å². The highest BCUT2D eigenvalue weighted by atomic mass is 16.3. The van der Waals surface area contributed by atoms with Crippen molar-refractivity contribution in [3.63, 3.8) is 0 Å². The molecule has 0 unspecified atom stereocenters. The fraction of sp³-hybridized carbons (Fsp3) is 0.0882. The lowest BCUT2D eigenvalue weighted by molar-refractivity contribution is 0.656. The second-order valence-corrected chi connectivity index (χ2v) is 19.6. The highest BCUT2D eigenvalue weighted by molar-refractivity contribution is 6.19. The number of nitrogens with zero attached hydrogens (tertiary/aromatic N) is 2. The van der Waals surface area contributed by atoms with E-state index in [1.807, 2.05) is 143 Å². The van der Waals surface area contributed by atoms with Crippen molar-refractivity contribution >= 4 is 143 Å². The Morgan fingerprint density at radius 1 is 0.297 bits per heavy atom. The summed E-state index contributed by atoms with van der Waals surface area (Å²) in [7, 11) is 0. The summed E-state index contributed by atoms with van der Waals surface area (Å²) < 4.78 is 123. The van der Waals surface area contributed by atoms with Gasteiger partial charge in [0, 0.05) is 83.3 Å². The van der Waals surface area contributed by atoms with Crippen LogP contribution in [0.4, 0.5) is 34.1 Å². The van der Waals surface area contributed by atoms with E-state index < -0.39 is 0 Å². The first-order valence-corrected chi connectivity index (χ1v) is 24.8. The Kier molecular flexibility index (Phi) is 7.28. The van der Waals surface area contributed by atoms with Gasteiger partial charge in [0.2, 0.25) is 0 Å². The molecule has 15 rings (SSSR count). The van der Waals surface area contributed by atoms with Crippen LogP contribution in [0.25, 0.3) is 109 Å². The molecule has 0 N–H and O–H groups in total. The van der Waals surface area contributed by atoms with Gasteiger partial charge in [-0.3, -0.25) is 0 Å². The second-order valence-electron chi connectivity index (χ2n) is 19.6. The summed E-state index contributed by atoms with van der Waals surface area (Å²) in [6.45, 7) is 8.43. The van der Waals surface area contributed by atoms with Crippen LogP contribution < -0.4 is 9.80 Å². The number of hydrogen-bond donors (Lipinski definition) is 0. The lowest BCUT2D eigenvalue weighted by atomic mass is 10.0. The SMILES string of the molecule is [2H]c1c2oc3c([2H])c4c([2H])c(N(c5ccc(C(C)C)cc5)c5ccc6oc7ccccc7c6c5)cc([2H])c4c([2H])c3c2c([2H])c2c1oc1c([2H])c3c([2H])c(N(c4ccc(C(C)C)cc4)c4ccc5oc6ccccc6c5c4)cc([2H])c3c([2H])c12. The number of anilines is 6. The molecule has 0 fully saturated rings. The summed E-state index contributed by atoms with van der Waals surface area (Å²) in [5.74, 6) is 0.495. The first kappa shape index (κ1) is 33.4. The standard InChI is InChI=1S/C68H48N2O4/c1-39(2)41-13-19-47(20-14-41)69(51-25-27-63-57(35-51)53-9-5-7-11-61(53)71-63)49-23-17-43-31-55-59-37-60-56-32-44-18-24-50(30-46(44)34-66(56)74-68(60)38-67(59)73-65(55)33-45(43)29-49)70(48-21-15-42(16-22-48)40(3)4)52-26-28-64-58(36-52)54-10-6-8-12-62(54)72-64/h5-40H,1-4H3/i17D,18D,29D,30D,31D,32D,33D,34D,37D,38D. The van der Waals surface area contributed by atoms with E-state index in [-0.39, 0.29) is 149 Å². The minimum Gasteiger partial charge on any atom is -0.456 e. The fourth-order valence-corrected chi connectivity index (χ4v) is 10.5. The summed E-state index contributed by atoms with van der Waals surface area (Å²) in [5, 5.41) is 3.24. The molecule has 4 heterocycles. The van der Waals surface area contributed by atoms with Gasteiger partial charge in [0.05, 0.1) is 13.7 Å². The Balaban J connectivity index is 0.927. The molecule has 0 bridgehead atoms. The molecule has 0 spiro atoms. The van der Waals surface area contributed by atoms with Crippen LogP contribution in [-0.2, 0) is 0 Å². The first-order chi connectivity index (χ1) is 40.5. The zero-order valence-electron chi connectivity index (χ0n) is 50.5. The molecule has 0 radical (unpaired) electrons. The van der Waals surface area contributed by atoms with Crippen molar-refractivity contribution in [1.82, 2.24) is 0 Å². The monoisotopic (exact) mass is 966 g/mol. The van der Waals surface area contributed by atoms with E-state index in [4.69, 9.17) is 17.7 Å². The molecule has 0 aliphatic carbocycles. The summed E-state index contributed by atoms with van der Waals surface area (Å²) in [4.78, 5) is 3.72. The topological polar surface area (TPSA) is 59.0 Å². The highest BCUT2D eigenvalue weighted by Crippen LogP contribution is 2.45. The molecular formula is C68H48N2O4. The van der Waals surface area contributed by atoms with Crippen LogP contribution in [0.1, 0.15) is 64.4 Å². The molecule has 0 saturated carbocycles. The fourth-order valence-electron chi connectivity index (χ4n) is 10.5. The van der Waals surface area contributed by atoms with Gasteiger partial charge < -0.3 is 27.5 Å². The van der Waals surface area contributed by atoms with Crippen LogP contribution in [0.5, 0.6) is 0 Å². The Morgan fingerprint density at radius 2 is 0.676 bits per heavy atom. The van der Waals surface area contributed by atoms with Crippen LogP contribution >= 0.6 is 0 Å². The van der Waals surface area contributed by atoms with Crippen molar-refractivity contribution in [3.8, 4) is 0 Å². The van der Waals surface area contributed by atoms with Gasteiger partial charge in [0.25, 0.3) is 0 Å². The van der Waals surface area contributed by atoms with Crippen LogP contribution in [0.15, 0.2) is 224 Å². The van der Waals surface area contributed by atoms with Crippen LogP contribution in [0.2, 0.25) is 0 Å². The minimum atomic E-state index is -0.374. The average molecular weight is 967 g/mol. The maximum atomic E-state index is 9.94. The lowest BCUT2D eigenvalue weighted by Crippen LogP contribution is -2.10. The van der Waals surface area contributed by atoms with Crippen molar-refractivity contribution in [2.24, 2.45) is 0 Å². The third kappa shape index (κ3) is 6.71. The van der Waals surface area contributed by atoms with Gasteiger partial charge in [-0.1, -0.05) is 100 Å². The first-order valence-electron chi connectivity index (χ1n) is 29.8. The largest absolute Gasteiger partial charge is 0.456 e. The summed E-state index contributed by atoms with van der Waals surface area (Å²) in [6, 6.07) is 43.4. The number of hydrogen-bond acceptors (Lipinski definition) is 6. The van der Waals surface area contributed by atoms with Gasteiger partial charge >= 0.3 is 0 Å². The number of rotatable bonds is 8. The van der Waals surface area contributed by atoms with Crippen LogP contribution in [-0.4, -0.2) is 0 Å². The molecule has 0 atom stereocenters. The molecular weight excluding hydrogens is 909 g/mol. The lowest BCUT2D eigenvalue weighted by Gasteiger charge is -2.26. The third-order valence-corrected chi connectivity index (χ3v) is 14.3. The molecule has 354 valence electrons. The maximum Gasteiger partial charge on any atom is 0.139 e. The normalized spacial score (nSPS) is 14.2. The van der Waals surface area contributed by atoms with E-state index in [0.717, 1.165) is 43.8 Å². The molecule has 0 aliphatic heterocycles. The summed E-state index contributed by atoms with van der Waals surface area (Å²) in [5.41, 5.74) is 7.49. The van der Waals surface area contributed by atoms with E-state index in [1.54, 1.807) is 0 Å². The third-order valence-electron chi connectivity index (χ3n) is 14.3. The minimum absolute atomic E-state index is 0.0281. The molecule has 0 saturated heterocycles. The Bertz CT molecular complexity index is 5020. The highest BCUT2D eigenvalue weighted by Gasteiger charge is 2.21. The molecule has 6 nitrogen and oxygen atoms in total. The molecule has 15 aromatic rings. The number of para-hydroxylation sites is 2. The predicted molar refractivity (Wildman–Crippen MR) is 308 cm³/mol. The predicted octanol–water partition coefficient (Wildman–Crippen LogP) is 20.8. The van der Waals surface area contributed by atoms with Crippen LogP contribution in [0.3, 0.4) is 0 Å². The molecule has 11 aromatic carbocycles. The van der Waals surface area contributed by atoms with E-state index in [9.17, 15) is 13.7 Å². The van der Waals surface area contributed by atoms with Crippen molar-refractivity contribution in [2.75, 3.05) is 9.80 Å². The van der Waals surface area contributed by atoms with Gasteiger partial charge in [-0.2, -0.15) is 0 Å². The van der Waals surface area contributed by atoms with Gasteiger partial charge in [0.1, 0.15) is 44.7 Å². The van der Waals surface area contributed by atoms with Crippen LogP contribution in [0, 0.1) is 0 Å². The van der Waals surface area contributed by atoms with E-state index in [0.29, 0.717) is 33.9 Å². The van der Waals surface area contributed by atoms with Gasteiger partial charge in [-0.15, -0.1) is 0 Å². The Labute approximate surface area is 439 Å². The van der Waals surface area contributed by atoms with Crippen molar-refractivity contribution < 1.29 is 31.4 Å². The van der Waals surface area contributed by atoms with Gasteiger partial charge in [0.15, 0.2) is 0 Å². The quantitative estimate of drug-likeness (QED) is 0.151. The zero-order valence-corrected chi connectivity index (χ0v) is 40.5. The molecule has 0 amide bonds. The number of fused-ring (bicyclic) bond motifs is 14. The van der Waals surface area contributed by atoms with E-state index in [2.05, 4.69) is 27.7 Å². The summed E-state index contributed by atoms with van der Waals surface area (Å²) >= 11 is 0. The van der Waals surface area contributed by atoms with E-state index in [1.165, 1.54) is 12.1 Å². The van der Waals surface area contributed by atoms with Gasteiger partial charge in [-0.05, 0) is 172 Å². The smallest absolute Gasteiger partial charge is 0.139 e.